The third kappa shape index (κ3) is 3.64. The minimum atomic E-state index is 0.264. The summed E-state index contributed by atoms with van der Waals surface area (Å²) in [6.07, 6.45) is 1.85. The Labute approximate surface area is 129 Å². The Kier molecular flexibility index (Phi) is 5.26. The third-order valence-corrected chi connectivity index (χ3v) is 3.97. The maximum Gasteiger partial charge on any atom is 0.0676 e. The molecule has 20 heavy (non-hydrogen) atoms. The first-order chi connectivity index (χ1) is 9.63. The second kappa shape index (κ2) is 6.95. The summed E-state index contributed by atoms with van der Waals surface area (Å²) < 4.78 is 1.11. The summed E-state index contributed by atoms with van der Waals surface area (Å²) in [6, 6.07) is 10.9. The SMILES string of the molecule is CCc1nnc(C)cc1C(Cc1ccc(Br)cc1)NC. The number of hydrogen-bond donors (Lipinski definition) is 1. The van der Waals surface area contributed by atoms with Crippen molar-refractivity contribution in [3.8, 4) is 0 Å². The summed E-state index contributed by atoms with van der Waals surface area (Å²) >= 11 is 3.47. The minimum absolute atomic E-state index is 0.264. The van der Waals surface area contributed by atoms with Gasteiger partial charge in [-0.15, -0.1) is 0 Å². The molecule has 0 bridgehead atoms. The largest absolute Gasteiger partial charge is 0.313 e. The molecule has 1 aromatic carbocycles. The van der Waals surface area contributed by atoms with Crippen LogP contribution in [0.15, 0.2) is 34.8 Å². The molecule has 1 atom stereocenters. The molecule has 1 N–H and O–H groups in total. The summed E-state index contributed by atoms with van der Waals surface area (Å²) in [5, 5.41) is 11.9. The number of halogens is 1. The third-order valence-electron chi connectivity index (χ3n) is 3.44. The molecule has 3 nitrogen and oxygen atoms in total. The fourth-order valence-corrected chi connectivity index (χ4v) is 2.60. The van der Waals surface area contributed by atoms with Gasteiger partial charge in [0.1, 0.15) is 0 Å². The number of likely N-dealkylation sites (N-methyl/N-ethyl adjacent to an activating group) is 1. The molecule has 4 heteroatoms. The van der Waals surface area contributed by atoms with E-state index < -0.39 is 0 Å². The fraction of sp³-hybridized carbons (Fsp3) is 0.375. The Morgan fingerprint density at radius 1 is 1.20 bits per heavy atom. The van der Waals surface area contributed by atoms with Gasteiger partial charge in [0.25, 0.3) is 0 Å². The van der Waals surface area contributed by atoms with Crippen LogP contribution in [0, 0.1) is 6.92 Å². The van der Waals surface area contributed by atoms with Gasteiger partial charge in [0, 0.05) is 10.5 Å². The molecule has 0 amide bonds. The summed E-state index contributed by atoms with van der Waals surface area (Å²) in [6.45, 7) is 4.11. The Morgan fingerprint density at radius 2 is 1.90 bits per heavy atom. The highest BCUT2D eigenvalue weighted by Crippen LogP contribution is 2.22. The summed E-state index contributed by atoms with van der Waals surface area (Å²) in [4.78, 5) is 0. The van der Waals surface area contributed by atoms with Crippen molar-refractivity contribution in [3.63, 3.8) is 0 Å². The molecule has 2 aromatic rings. The van der Waals surface area contributed by atoms with Gasteiger partial charge in [0.05, 0.1) is 11.4 Å². The van der Waals surface area contributed by atoms with Crippen molar-refractivity contribution in [2.24, 2.45) is 0 Å². The van der Waals surface area contributed by atoms with Crippen molar-refractivity contribution in [3.05, 3.63) is 57.3 Å². The Hall–Kier alpha value is -1.26. The molecule has 0 spiro atoms. The van der Waals surface area contributed by atoms with Gasteiger partial charge in [0.15, 0.2) is 0 Å². The normalized spacial score (nSPS) is 12.4. The molecule has 0 fully saturated rings. The molecule has 0 radical (unpaired) electrons. The van der Waals surface area contributed by atoms with E-state index in [9.17, 15) is 0 Å². The van der Waals surface area contributed by atoms with Gasteiger partial charge in [-0.05, 0) is 56.1 Å². The number of aromatic nitrogens is 2. The Balaban J connectivity index is 2.28. The summed E-state index contributed by atoms with van der Waals surface area (Å²) in [5.74, 6) is 0. The first-order valence-electron chi connectivity index (χ1n) is 6.88. The van der Waals surface area contributed by atoms with E-state index in [1.807, 2.05) is 14.0 Å². The smallest absolute Gasteiger partial charge is 0.0676 e. The fourth-order valence-electron chi connectivity index (χ4n) is 2.33. The highest BCUT2D eigenvalue weighted by atomic mass is 79.9. The molecule has 0 aliphatic rings. The maximum atomic E-state index is 4.32. The second-order valence-corrected chi connectivity index (χ2v) is 5.83. The predicted octanol–water partition coefficient (Wildman–Crippen LogP) is 3.61. The molecule has 0 aliphatic carbocycles. The first kappa shape index (κ1) is 15.1. The zero-order valence-corrected chi connectivity index (χ0v) is 13.7. The van der Waals surface area contributed by atoms with Crippen molar-refractivity contribution in [1.29, 1.82) is 0 Å². The molecule has 2 rings (SSSR count). The van der Waals surface area contributed by atoms with E-state index in [4.69, 9.17) is 0 Å². The van der Waals surface area contributed by atoms with E-state index in [1.165, 1.54) is 11.1 Å². The Bertz CT molecular complexity index is 566. The molecule has 106 valence electrons. The van der Waals surface area contributed by atoms with Crippen LogP contribution >= 0.6 is 15.9 Å². The van der Waals surface area contributed by atoms with E-state index in [0.29, 0.717) is 0 Å². The van der Waals surface area contributed by atoms with Crippen molar-refractivity contribution < 1.29 is 0 Å². The second-order valence-electron chi connectivity index (χ2n) is 4.91. The number of benzene rings is 1. The van der Waals surface area contributed by atoms with Gasteiger partial charge in [-0.25, -0.2) is 0 Å². The lowest BCUT2D eigenvalue weighted by molar-refractivity contribution is 0.578. The predicted molar refractivity (Wildman–Crippen MR) is 85.8 cm³/mol. The summed E-state index contributed by atoms with van der Waals surface area (Å²) in [5.41, 5.74) is 4.61. The van der Waals surface area contributed by atoms with Gasteiger partial charge in [-0.1, -0.05) is 35.0 Å². The van der Waals surface area contributed by atoms with E-state index in [-0.39, 0.29) is 6.04 Å². The lowest BCUT2D eigenvalue weighted by atomic mass is 9.97. The van der Waals surface area contributed by atoms with Crippen LogP contribution in [0.5, 0.6) is 0 Å². The van der Waals surface area contributed by atoms with Crippen LogP contribution in [0.1, 0.15) is 35.5 Å². The van der Waals surface area contributed by atoms with Crippen molar-refractivity contribution in [2.75, 3.05) is 7.05 Å². The summed E-state index contributed by atoms with van der Waals surface area (Å²) in [7, 11) is 2.00. The molecule has 0 saturated heterocycles. The van der Waals surface area contributed by atoms with Crippen molar-refractivity contribution >= 4 is 15.9 Å². The van der Waals surface area contributed by atoms with E-state index >= 15 is 0 Å². The average Bonchev–Trinajstić information content (AvgIpc) is 2.46. The van der Waals surface area contributed by atoms with Crippen LogP contribution in [0.25, 0.3) is 0 Å². The van der Waals surface area contributed by atoms with Crippen LogP contribution in [0.2, 0.25) is 0 Å². The topological polar surface area (TPSA) is 37.8 Å². The molecular weight excluding hydrogens is 314 g/mol. The van der Waals surface area contributed by atoms with E-state index in [1.54, 1.807) is 0 Å². The quantitative estimate of drug-likeness (QED) is 0.908. The molecule has 1 aromatic heterocycles. The minimum Gasteiger partial charge on any atom is -0.313 e. The zero-order valence-electron chi connectivity index (χ0n) is 12.2. The number of hydrogen-bond acceptors (Lipinski definition) is 3. The van der Waals surface area contributed by atoms with E-state index in [2.05, 4.69) is 68.7 Å². The van der Waals surface area contributed by atoms with Gasteiger partial charge in [-0.2, -0.15) is 10.2 Å². The van der Waals surface area contributed by atoms with Gasteiger partial charge in [-0.3, -0.25) is 0 Å². The number of nitrogens with zero attached hydrogens (tertiary/aromatic N) is 2. The highest BCUT2D eigenvalue weighted by molar-refractivity contribution is 9.10. The number of aryl methyl sites for hydroxylation is 2. The van der Waals surface area contributed by atoms with Crippen LogP contribution < -0.4 is 5.32 Å². The van der Waals surface area contributed by atoms with Gasteiger partial charge in [0.2, 0.25) is 0 Å². The zero-order chi connectivity index (χ0) is 14.5. The number of nitrogens with one attached hydrogen (secondary N) is 1. The molecule has 1 unspecified atom stereocenters. The monoisotopic (exact) mass is 333 g/mol. The van der Waals surface area contributed by atoms with Gasteiger partial charge < -0.3 is 5.32 Å². The average molecular weight is 334 g/mol. The van der Waals surface area contributed by atoms with Crippen molar-refractivity contribution in [2.45, 2.75) is 32.7 Å². The van der Waals surface area contributed by atoms with Crippen LogP contribution in [-0.4, -0.2) is 17.2 Å². The Morgan fingerprint density at radius 3 is 2.50 bits per heavy atom. The van der Waals surface area contributed by atoms with Crippen molar-refractivity contribution in [1.82, 2.24) is 15.5 Å². The standard InChI is InChI=1S/C16H20BrN3/c1-4-15-14(9-11(2)19-20-15)16(18-3)10-12-5-7-13(17)8-6-12/h5-9,16,18H,4,10H2,1-3H3. The lowest BCUT2D eigenvalue weighted by Crippen LogP contribution is -2.21. The maximum absolute atomic E-state index is 4.32. The molecule has 1 heterocycles. The highest BCUT2D eigenvalue weighted by Gasteiger charge is 2.15. The van der Waals surface area contributed by atoms with Crippen LogP contribution in [0.4, 0.5) is 0 Å². The first-order valence-corrected chi connectivity index (χ1v) is 7.68. The number of rotatable bonds is 5. The van der Waals surface area contributed by atoms with E-state index in [0.717, 1.165) is 28.7 Å². The molecule has 0 saturated carbocycles. The van der Waals surface area contributed by atoms with Crippen LogP contribution in [0.3, 0.4) is 0 Å². The van der Waals surface area contributed by atoms with Crippen LogP contribution in [-0.2, 0) is 12.8 Å². The molecule has 0 aliphatic heterocycles. The lowest BCUT2D eigenvalue weighted by Gasteiger charge is -2.19. The van der Waals surface area contributed by atoms with Gasteiger partial charge >= 0.3 is 0 Å². The molecular formula is C16H20BrN3.